The van der Waals surface area contributed by atoms with Gasteiger partial charge in [-0.25, -0.2) is 8.78 Å². The van der Waals surface area contributed by atoms with Crippen molar-refractivity contribution in [2.45, 2.75) is 26.8 Å². The lowest BCUT2D eigenvalue weighted by Gasteiger charge is -2.22. The highest BCUT2D eigenvalue weighted by molar-refractivity contribution is 6.30. The second kappa shape index (κ2) is 6.54. The highest BCUT2D eigenvalue weighted by Gasteiger charge is 2.21. The summed E-state index contributed by atoms with van der Waals surface area (Å²) in [7, 11) is 0. The molecule has 2 aromatic carbocycles. The first-order valence-electron chi connectivity index (χ1n) is 6.89. The molecule has 0 aliphatic carbocycles. The molecule has 0 aliphatic heterocycles. The summed E-state index contributed by atoms with van der Waals surface area (Å²) < 4.78 is 28.1. The molecule has 4 heteroatoms. The Labute approximate surface area is 128 Å². The highest BCUT2D eigenvalue weighted by atomic mass is 35.5. The van der Waals surface area contributed by atoms with Gasteiger partial charge in [0.1, 0.15) is 0 Å². The maximum absolute atomic E-state index is 14.3. The molecule has 1 atom stereocenters. The number of aryl methyl sites for hydroxylation is 2. The van der Waals surface area contributed by atoms with Crippen molar-refractivity contribution in [3.8, 4) is 0 Å². The molecule has 0 aromatic heterocycles. The maximum atomic E-state index is 14.3. The standard InChI is InChI=1S/C17H18ClF2N/c1-4-21-17(13-8-6-12(18)9-11(13)3)14-7-5-10(2)15(19)16(14)20/h5-9,17,21H,4H2,1-3H3. The molecule has 0 amide bonds. The lowest BCUT2D eigenvalue weighted by atomic mass is 9.93. The second-order valence-corrected chi connectivity index (χ2v) is 5.53. The Balaban J connectivity index is 2.56. The highest BCUT2D eigenvalue weighted by Crippen LogP contribution is 2.30. The topological polar surface area (TPSA) is 12.0 Å². The Bertz CT molecular complexity index is 655. The summed E-state index contributed by atoms with van der Waals surface area (Å²) in [5.41, 5.74) is 2.45. The number of benzene rings is 2. The minimum absolute atomic E-state index is 0.305. The zero-order valence-electron chi connectivity index (χ0n) is 12.3. The van der Waals surface area contributed by atoms with Crippen molar-refractivity contribution in [1.29, 1.82) is 0 Å². The van der Waals surface area contributed by atoms with Crippen LogP contribution in [0.2, 0.25) is 5.02 Å². The predicted molar refractivity (Wildman–Crippen MR) is 82.8 cm³/mol. The number of halogens is 3. The summed E-state index contributed by atoms with van der Waals surface area (Å²) in [6.45, 7) is 6.04. The molecule has 1 N–H and O–H groups in total. The summed E-state index contributed by atoms with van der Waals surface area (Å²) in [6, 6.07) is 8.27. The van der Waals surface area contributed by atoms with Crippen LogP contribution in [0.3, 0.4) is 0 Å². The molecule has 1 nitrogen and oxygen atoms in total. The van der Waals surface area contributed by atoms with E-state index in [-0.39, 0.29) is 0 Å². The van der Waals surface area contributed by atoms with Crippen LogP contribution in [-0.2, 0) is 0 Å². The zero-order chi connectivity index (χ0) is 15.6. The van der Waals surface area contributed by atoms with E-state index < -0.39 is 17.7 Å². The van der Waals surface area contributed by atoms with E-state index >= 15 is 0 Å². The van der Waals surface area contributed by atoms with Crippen LogP contribution in [0.25, 0.3) is 0 Å². The molecular weight excluding hydrogens is 292 g/mol. The van der Waals surface area contributed by atoms with Gasteiger partial charge >= 0.3 is 0 Å². The van der Waals surface area contributed by atoms with Crippen molar-refractivity contribution < 1.29 is 8.78 Å². The van der Waals surface area contributed by atoms with Crippen LogP contribution in [0, 0.1) is 25.5 Å². The van der Waals surface area contributed by atoms with Crippen LogP contribution >= 0.6 is 11.6 Å². The third kappa shape index (κ3) is 3.25. The molecule has 2 rings (SSSR count). The Hall–Kier alpha value is -1.45. The summed E-state index contributed by atoms with van der Waals surface area (Å²) in [5.74, 6) is -1.59. The fourth-order valence-electron chi connectivity index (χ4n) is 2.44. The summed E-state index contributed by atoms with van der Waals surface area (Å²) in [5, 5.41) is 3.84. The fraction of sp³-hybridized carbons (Fsp3) is 0.294. The lowest BCUT2D eigenvalue weighted by Crippen LogP contribution is -2.24. The molecule has 112 valence electrons. The van der Waals surface area contributed by atoms with E-state index in [1.165, 1.54) is 0 Å². The van der Waals surface area contributed by atoms with E-state index in [2.05, 4.69) is 5.32 Å². The van der Waals surface area contributed by atoms with Gasteiger partial charge in [-0.3, -0.25) is 0 Å². The second-order valence-electron chi connectivity index (χ2n) is 5.09. The van der Waals surface area contributed by atoms with Gasteiger partial charge in [-0.2, -0.15) is 0 Å². The third-order valence-corrected chi connectivity index (χ3v) is 3.80. The Kier molecular flexibility index (Phi) is 4.96. The molecule has 0 spiro atoms. The van der Waals surface area contributed by atoms with Crippen LogP contribution in [0.15, 0.2) is 30.3 Å². The van der Waals surface area contributed by atoms with Crippen molar-refractivity contribution in [3.63, 3.8) is 0 Å². The zero-order valence-corrected chi connectivity index (χ0v) is 13.1. The number of nitrogens with one attached hydrogen (secondary N) is 1. The van der Waals surface area contributed by atoms with Crippen LogP contribution < -0.4 is 5.32 Å². The Morgan fingerprint density at radius 2 is 1.67 bits per heavy atom. The van der Waals surface area contributed by atoms with Gasteiger partial charge < -0.3 is 5.32 Å². The monoisotopic (exact) mass is 309 g/mol. The van der Waals surface area contributed by atoms with Gasteiger partial charge in [0.05, 0.1) is 6.04 Å². The van der Waals surface area contributed by atoms with Crippen molar-refractivity contribution in [1.82, 2.24) is 5.32 Å². The van der Waals surface area contributed by atoms with Crippen molar-refractivity contribution in [2.75, 3.05) is 6.54 Å². The lowest BCUT2D eigenvalue weighted by molar-refractivity contribution is 0.478. The SMILES string of the molecule is CCNC(c1ccc(Cl)cc1C)c1ccc(C)c(F)c1F. The molecule has 0 bridgehead atoms. The average Bonchev–Trinajstić information content (AvgIpc) is 2.44. The Morgan fingerprint density at radius 3 is 2.29 bits per heavy atom. The number of rotatable bonds is 4. The first kappa shape index (κ1) is 15.9. The molecule has 21 heavy (non-hydrogen) atoms. The number of hydrogen-bond donors (Lipinski definition) is 1. The summed E-state index contributed by atoms with van der Waals surface area (Å²) in [4.78, 5) is 0. The minimum atomic E-state index is -0.796. The van der Waals surface area contributed by atoms with Crippen molar-refractivity contribution in [3.05, 3.63) is 69.2 Å². The van der Waals surface area contributed by atoms with Gasteiger partial charge in [-0.05, 0) is 49.2 Å². The first-order valence-corrected chi connectivity index (χ1v) is 7.27. The predicted octanol–water partition coefficient (Wildman–Crippen LogP) is 4.93. The van der Waals surface area contributed by atoms with E-state index in [1.807, 2.05) is 26.0 Å². The van der Waals surface area contributed by atoms with Gasteiger partial charge in [-0.1, -0.05) is 36.7 Å². The van der Waals surface area contributed by atoms with E-state index in [0.717, 1.165) is 11.1 Å². The normalized spacial score (nSPS) is 12.5. The fourth-order valence-corrected chi connectivity index (χ4v) is 2.67. The van der Waals surface area contributed by atoms with Crippen molar-refractivity contribution in [2.24, 2.45) is 0 Å². The quantitative estimate of drug-likeness (QED) is 0.844. The van der Waals surface area contributed by atoms with Gasteiger partial charge in [-0.15, -0.1) is 0 Å². The van der Waals surface area contributed by atoms with Crippen LogP contribution in [0.5, 0.6) is 0 Å². The van der Waals surface area contributed by atoms with E-state index in [9.17, 15) is 8.78 Å². The molecule has 0 aliphatic rings. The van der Waals surface area contributed by atoms with Gasteiger partial charge in [0.15, 0.2) is 11.6 Å². The Morgan fingerprint density at radius 1 is 1.00 bits per heavy atom. The number of hydrogen-bond acceptors (Lipinski definition) is 1. The van der Waals surface area contributed by atoms with Crippen LogP contribution in [0.1, 0.15) is 35.2 Å². The van der Waals surface area contributed by atoms with Gasteiger partial charge in [0.2, 0.25) is 0 Å². The van der Waals surface area contributed by atoms with E-state index in [0.29, 0.717) is 22.7 Å². The van der Waals surface area contributed by atoms with Crippen LogP contribution in [-0.4, -0.2) is 6.54 Å². The maximum Gasteiger partial charge on any atom is 0.164 e. The summed E-state index contributed by atoms with van der Waals surface area (Å²) >= 11 is 5.97. The molecular formula is C17H18ClF2N. The van der Waals surface area contributed by atoms with Gasteiger partial charge in [0.25, 0.3) is 0 Å². The van der Waals surface area contributed by atoms with Gasteiger partial charge in [0, 0.05) is 10.6 Å². The minimum Gasteiger partial charge on any atom is -0.306 e. The molecule has 0 saturated carbocycles. The molecule has 2 aromatic rings. The molecule has 1 unspecified atom stereocenters. The molecule has 0 radical (unpaired) electrons. The third-order valence-electron chi connectivity index (χ3n) is 3.57. The molecule has 0 fully saturated rings. The van der Waals surface area contributed by atoms with Crippen molar-refractivity contribution >= 4 is 11.6 Å². The largest absolute Gasteiger partial charge is 0.306 e. The molecule has 0 heterocycles. The smallest absolute Gasteiger partial charge is 0.164 e. The first-order chi connectivity index (χ1) is 9.95. The average molecular weight is 310 g/mol. The van der Waals surface area contributed by atoms with Crippen LogP contribution in [0.4, 0.5) is 8.78 Å². The van der Waals surface area contributed by atoms with E-state index in [4.69, 9.17) is 11.6 Å². The summed E-state index contributed by atoms with van der Waals surface area (Å²) in [6.07, 6.45) is 0. The van der Waals surface area contributed by atoms with E-state index in [1.54, 1.807) is 25.1 Å². The molecule has 0 saturated heterocycles.